The van der Waals surface area contributed by atoms with Gasteiger partial charge in [0.2, 0.25) is 5.91 Å². The number of aliphatic hydroxyl groups is 1. The van der Waals surface area contributed by atoms with Gasteiger partial charge in [0.15, 0.2) is 0 Å². The lowest BCUT2D eigenvalue weighted by Crippen LogP contribution is -2.43. The summed E-state index contributed by atoms with van der Waals surface area (Å²) < 4.78 is 0. The van der Waals surface area contributed by atoms with E-state index in [9.17, 15) is 9.90 Å². The molecule has 3 nitrogen and oxygen atoms in total. The molecule has 2 rings (SSSR count). The smallest absolute Gasteiger partial charge is 0.236 e. The number of thioether (sulfide) groups is 1. The molecule has 1 aromatic rings. The Bertz CT molecular complexity index is 428. The third kappa shape index (κ3) is 3.06. The van der Waals surface area contributed by atoms with Crippen LogP contribution in [-0.2, 0) is 11.2 Å². The maximum absolute atomic E-state index is 12.3. The average Bonchev–Trinajstić information content (AvgIpc) is 2.68. The number of carbonyl (C=O) groups is 1. The Hall–Kier alpha value is -1.00. The van der Waals surface area contributed by atoms with Crippen molar-refractivity contribution in [3.05, 3.63) is 29.8 Å². The first kappa shape index (κ1) is 13.4. The van der Waals surface area contributed by atoms with Crippen LogP contribution >= 0.6 is 11.8 Å². The molecule has 1 aromatic carbocycles. The van der Waals surface area contributed by atoms with Gasteiger partial charge in [-0.3, -0.25) is 4.79 Å². The predicted molar refractivity (Wildman–Crippen MR) is 73.7 cm³/mol. The van der Waals surface area contributed by atoms with Gasteiger partial charge in [-0.25, -0.2) is 0 Å². The summed E-state index contributed by atoms with van der Waals surface area (Å²) in [6.07, 6.45) is 0.788. The van der Waals surface area contributed by atoms with Crippen molar-refractivity contribution >= 4 is 17.7 Å². The molecule has 1 aliphatic rings. The number of nitrogens with zero attached hydrogens (tertiary/aromatic N) is 1. The van der Waals surface area contributed by atoms with Crippen molar-refractivity contribution < 1.29 is 9.90 Å². The van der Waals surface area contributed by atoms with Crippen LogP contribution in [0, 0.1) is 0 Å². The first-order chi connectivity index (χ1) is 8.37. The summed E-state index contributed by atoms with van der Waals surface area (Å²) >= 11 is 1.63. The van der Waals surface area contributed by atoms with Crippen molar-refractivity contribution in [2.24, 2.45) is 0 Å². The number of amides is 1. The quantitative estimate of drug-likeness (QED) is 0.908. The Morgan fingerprint density at radius 1 is 1.50 bits per heavy atom. The van der Waals surface area contributed by atoms with Crippen LogP contribution in [0.2, 0.25) is 0 Å². The van der Waals surface area contributed by atoms with Crippen LogP contribution in [-0.4, -0.2) is 40.4 Å². The van der Waals surface area contributed by atoms with Crippen LogP contribution in [0.4, 0.5) is 0 Å². The second-order valence-corrected chi connectivity index (χ2v) is 6.67. The van der Waals surface area contributed by atoms with Gasteiger partial charge in [-0.15, -0.1) is 11.8 Å². The van der Waals surface area contributed by atoms with E-state index in [4.69, 9.17) is 0 Å². The summed E-state index contributed by atoms with van der Waals surface area (Å²) in [6.45, 7) is 3.79. The first-order valence-corrected chi connectivity index (χ1v) is 6.97. The Balaban J connectivity index is 2.01. The third-order valence-electron chi connectivity index (χ3n) is 2.92. The molecule has 0 radical (unpaired) electrons. The molecular formula is C14H19NO2S. The Kier molecular flexibility index (Phi) is 3.69. The Morgan fingerprint density at radius 3 is 2.78 bits per heavy atom. The number of likely N-dealkylation sites (N-methyl/N-ethyl adjacent to an activating group) is 1. The van der Waals surface area contributed by atoms with E-state index in [2.05, 4.69) is 12.1 Å². The fourth-order valence-corrected chi connectivity index (χ4v) is 3.53. The highest BCUT2D eigenvalue weighted by Gasteiger charge is 2.31. The van der Waals surface area contributed by atoms with Gasteiger partial charge >= 0.3 is 0 Å². The number of hydrogen-bond acceptors (Lipinski definition) is 3. The summed E-state index contributed by atoms with van der Waals surface area (Å²) in [6, 6.07) is 8.14. The second kappa shape index (κ2) is 4.94. The molecule has 0 saturated heterocycles. The zero-order chi connectivity index (χ0) is 13.3. The molecule has 1 atom stereocenters. The van der Waals surface area contributed by atoms with Crippen molar-refractivity contribution in [2.75, 3.05) is 13.6 Å². The summed E-state index contributed by atoms with van der Waals surface area (Å²) in [5.41, 5.74) is 0.401. The second-order valence-electron chi connectivity index (χ2n) is 5.43. The molecule has 0 aromatic heterocycles. The molecule has 1 unspecified atom stereocenters. The molecule has 18 heavy (non-hydrogen) atoms. The van der Waals surface area contributed by atoms with E-state index in [1.807, 2.05) is 12.1 Å². The molecule has 0 spiro atoms. The van der Waals surface area contributed by atoms with Crippen molar-refractivity contribution in [1.29, 1.82) is 0 Å². The fourth-order valence-electron chi connectivity index (χ4n) is 2.22. The van der Waals surface area contributed by atoms with Crippen molar-refractivity contribution in [2.45, 2.75) is 36.0 Å². The zero-order valence-electron chi connectivity index (χ0n) is 11.0. The molecule has 1 heterocycles. The number of benzene rings is 1. The summed E-state index contributed by atoms with van der Waals surface area (Å²) in [4.78, 5) is 15.1. The van der Waals surface area contributed by atoms with Crippen LogP contribution in [0.25, 0.3) is 0 Å². The van der Waals surface area contributed by atoms with E-state index in [1.54, 1.807) is 37.6 Å². The Morgan fingerprint density at radius 2 is 2.17 bits per heavy atom. The standard InChI is InChI=1S/C14H19NO2S/c1-14(2,17)9-15(3)13(16)12-8-10-6-4-5-7-11(10)18-12/h4-7,12,17H,8-9H2,1-3H3. The van der Waals surface area contributed by atoms with Gasteiger partial charge in [-0.05, 0) is 31.9 Å². The minimum atomic E-state index is -0.847. The predicted octanol–water partition coefficient (Wildman–Crippen LogP) is 1.93. The number of fused-ring (bicyclic) bond motifs is 1. The van der Waals surface area contributed by atoms with E-state index in [0.717, 1.165) is 6.42 Å². The van der Waals surface area contributed by atoms with Crippen molar-refractivity contribution in [1.82, 2.24) is 4.90 Å². The number of hydrogen-bond donors (Lipinski definition) is 1. The average molecular weight is 265 g/mol. The van der Waals surface area contributed by atoms with Gasteiger partial charge in [0.25, 0.3) is 0 Å². The molecule has 0 fully saturated rings. The molecule has 0 saturated carbocycles. The van der Waals surface area contributed by atoms with E-state index >= 15 is 0 Å². The van der Waals surface area contributed by atoms with Gasteiger partial charge in [-0.1, -0.05) is 18.2 Å². The lowest BCUT2D eigenvalue weighted by atomic mass is 10.1. The molecule has 4 heteroatoms. The molecule has 1 amide bonds. The third-order valence-corrected chi connectivity index (χ3v) is 4.23. The fraction of sp³-hybridized carbons (Fsp3) is 0.500. The molecule has 98 valence electrons. The highest BCUT2D eigenvalue weighted by molar-refractivity contribution is 8.01. The lowest BCUT2D eigenvalue weighted by molar-refractivity contribution is -0.131. The lowest BCUT2D eigenvalue weighted by Gasteiger charge is -2.27. The summed E-state index contributed by atoms with van der Waals surface area (Å²) in [7, 11) is 1.75. The van der Waals surface area contributed by atoms with Crippen molar-refractivity contribution in [3.63, 3.8) is 0 Å². The van der Waals surface area contributed by atoms with Crippen LogP contribution in [0.3, 0.4) is 0 Å². The highest BCUT2D eigenvalue weighted by atomic mass is 32.2. The van der Waals surface area contributed by atoms with E-state index in [1.165, 1.54) is 10.5 Å². The maximum atomic E-state index is 12.3. The molecule has 0 bridgehead atoms. The topological polar surface area (TPSA) is 40.5 Å². The minimum absolute atomic E-state index is 0.0465. The monoisotopic (exact) mass is 265 g/mol. The SMILES string of the molecule is CN(CC(C)(C)O)C(=O)C1Cc2ccccc2S1. The summed E-state index contributed by atoms with van der Waals surface area (Å²) in [5, 5.41) is 9.71. The number of carbonyl (C=O) groups excluding carboxylic acids is 1. The van der Waals surface area contributed by atoms with E-state index < -0.39 is 5.60 Å². The van der Waals surface area contributed by atoms with Crippen LogP contribution in [0.5, 0.6) is 0 Å². The van der Waals surface area contributed by atoms with Crippen molar-refractivity contribution in [3.8, 4) is 0 Å². The highest BCUT2D eigenvalue weighted by Crippen LogP contribution is 2.37. The number of rotatable bonds is 3. The van der Waals surface area contributed by atoms with Crippen LogP contribution < -0.4 is 0 Å². The zero-order valence-corrected chi connectivity index (χ0v) is 11.8. The molecular weight excluding hydrogens is 246 g/mol. The van der Waals surface area contributed by atoms with Gasteiger partial charge in [0, 0.05) is 18.5 Å². The molecule has 1 aliphatic heterocycles. The van der Waals surface area contributed by atoms with Gasteiger partial charge < -0.3 is 10.0 Å². The summed E-state index contributed by atoms with van der Waals surface area (Å²) in [5.74, 6) is 0.0957. The van der Waals surface area contributed by atoms with Gasteiger partial charge in [-0.2, -0.15) is 0 Å². The normalized spacial score (nSPS) is 18.6. The molecule has 1 N–H and O–H groups in total. The van der Waals surface area contributed by atoms with Gasteiger partial charge in [0.05, 0.1) is 10.9 Å². The minimum Gasteiger partial charge on any atom is -0.389 e. The van der Waals surface area contributed by atoms with Crippen LogP contribution in [0.1, 0.15) is 19.4 Å². The maximum Gasteiger partial charge on any atom is 0.236 e. The van der Waals surface area contributed by atoms with Gasteiger partial charge in [0.1, 0.15) is 0 Å². The molecule has 0 aliphatic carbocycles. The first-order valence-electron chi connectivity index (χ1n) is 6.09. The van der Waals surface area contributed by atoms with Crippen LogP contribution in [0.15, 0.2) is 29.2 Å². The van der Waals surface area contributed by atoms with E-state index in [-0.39, 0.29) is 11.2 Å². The van der Waals surface area contributed by atoms with E-state index in [0.29, 0.717) is 6.54 Å². The largest absolute Gasteiger partial charge is 0.389 e. The Labute approximate surface area is 112 Å².